The van der Waals surface area contributed by atoms with Crippen molar-refractivity contribution in [3.63, 3.8) is 0 Å². The van der Waals surface area contributed by atoms with Gasteiger partial charge < -0.3 is 5.32 Å². The molecule has 0 aliphatic rings. The summed E-state index contributed by atoms with van der Waals surface area (Å²) in [5, 5.41) is 2.97. The number of rotatable bonds is 8. The predicted octanol–water partition coefficient (Wildman–Crippen LogP) is 4.90. The summed E-state index contributed by atoms with van der Waals surface area (Å²) in [4.78, 5) is 13.0. The molecule has 0 bridgehead atoms. The van der Waals surface area contributed by atoms with E-state index in [-0.39, 0.29) is 5.91 Å². The Bertz CT molecular complexity index is 614. The molecule has 5 heteroatoms. The largest absolute Gasteiger partial charge is 0.355 e. The molecule has 0 spiro atoms. The lowest BCUT2D eigenvalue weighted by molar-refractivity contribution is -0.118. The quantitative estimate of drug-likeness (QED) is 0.496. The van der Waals surface area contributed by atoms with Gasteiger partial charge in [-0.25, -0.2) is 0 Å². The molecule has 0 aliphatic heterocycles. The van der Waals surface area contributed by atoms with E-state index in [1.165, 1.54) is 16.0 Å². The summed E-state index contributed by atoms with van der Waals surface area (Å²) in [6.07, 6.45) is 0. The van der Waals surface area contributed by atoms with Crippen LogP contribution < -0.4 is 5.32 Å². The lowest BCUT2D eigenvalue weighted by Crippen LogP contribution is -2.27. The number of aryl methyl sites for hydroxylation is 1. The monoisotopic (exact) mass is 409 g/mol. The Morgan fingerprint density at radius 3 is 2.48 bits per heavy atom. The summed E-state index contributed by atoms with van der Waals surface area (Å²) in [7, 11) is 0. The highest BCUT2D eigenvalue weighted by molar-refractivity contribution is 9.10. The second-order valence-electron chi connectivity index (χ2n) is 5.13. The number of hydrogen-bond acceptors (Lipinski definition) is 3. The van der Waals surface area contributed by atoms with Crippen LogP contribution in [0.3, 0.4) is 0 Å². The number of nitrogens with one attached hydrogen (secondary N) is 1. The third kappa shape index (κ3) is 7.46. The Morgan fingerprint density at radius 1 is 1.09 bits per heavy atom. The number of amides is 1. The van der Waals surface area contributed by atoms with E-state index >= 15 is 0 Å². The molecule has 2 nitrogen and oxygen atoms in total. The van der Waals surface area contributed by atoms with E-state index in [9.17, 15) is 4.79 Å². The number of carbonyl (C=O) groups excluding carboxylic acids is 1. The average molecular weight is 410 g/mol. The Hall–Kier alpha value is -0.910. The maximum atomic E-state index is 11.8. The third-order valence-electron chi connectivity index (χ3n) is 3.13. The van der Waals surface area contributed by atoms with E-state index in [4.69, 9.17) is 0 Å². The standard InChI is InChI=1S/C18H20BrNOS2/c1-14-2-8-17(9-3-14)23-11-10-20-18(21)13-22-12-15-4-6-16(19)7-5-15/h2-9H,10-13H2,1H3,(H,20,21). The van der Waals surface area contributed by atoms with Crippen LogP contribution in [-0.2, 0) is 10.5 Å². The van der Waals surface area contributed by atoms with Crippen molar-refractivity contribution in [3.05, 3.63) is 64.1 Å². The number of thioether (sulfide) groups is 2. The zero-order valence-corrected chi connectivity index (χ0v) is 16.3. The van der Waals surface area contributed by atoms with Crippen LogP contribution in [0.15, 0.2) is 57.9 Å². The van der Waals surface area contributed by atoms with Crippen molar-refractivity contribution in [2.45, 2.75) is 17.6 Å². The van der Waals surface area contributed by atoms with Gasteiger partial charge in [-0.15, -0.1) is 23.5 Å². The minimum atomic E-state index is 0.108. The van der Waals surface area contributed by atoms with E-state index in [2.05, 4.69) is 64.6 Å². The summed E-state index contributed by atoms with van der Waals surface area (Å²) >= 11 is 6.83. The molecule has 0 unspecified atom stereocenters. The van der Waals surface area contributed by atoms with Gasteiger partial charge in [0.05, 0.1) is 5.75 Å². The highest BCUT2D eigenvalue weighted by Gasteiger charge is 2.02. The van der Waals surface area contributed by atoms with Gasteiger partial charge >= 0.3 is 0 Å². The lowest BCUT2D eigenvalue weighted by Gasteiger charge is -2.06. The molecule has 2 aromatic carbocycles. The van der Waals surface area contributed by atoms with Gasteiger partial charge in [-0.2, -0.15) is 0 Å². The minimum absolute atomic E-state index is 0.108. The summed E-state index contributed by atoms with van der Waals surface area (Å²) < 4.78 is 1.08. The van der Waals surface area contributed by atoms with Crippen molar-refractivity contribution < 1.29 is 4.79 Å². The molecule has 0 aromatic heterocycles. The molecule has 0 saturated heterocycles. The van der Waals surface area contributed by atoms with Crippen molar-refractivity contribution in [1.82, 2.24) is 5.32 Å². The summed E-state index contributed by atoms with van der Waals surface area (Å²) in [5.74, 6) is 2.37. The number of carbonyl (C=O) groups is 1. The van der Waals surface area contributed by atoms with Crippen molar-refractivity contribution in [3.8, 4) is 0 Å². The van der Waals surface area contributed by atoms with Crippen LogP contribution in [0, 0.1) is 6.92 Å². The fourth-order valence-corrected chi connectivity index (χ4v) is 3.74. The highest BCUT2D eigenvalue weighted by Crippen LogP contribution is 2.18. The van der Waals surface area contributed by atoms with Gasteiger partial charge in [0.15, 0.2) is 0 Å². The molecule has 0 atom stereocenters. The van der Waals surface area contributed by atoms with Crippen LogP contribution in [0.2, 0.25) is 0 Å². The molecule has 0 aliphatic carbocycles. The van der Waals surface area contributed by atoms with E-state index < -0.39 is 0 Å². The first-order valence-electron chi connectivity index (χ1n) is 7.42. The van der Waals surface area contributed by atoms with E-state index in [1.807, 2.05) is 12.1 Å². The van der Waals surface area contributed by atoms with Crippen molar-refractivity contribution >= 4 is 45.4 Å². The molecule has 1 amide bonds. The molecule has 122 valence electrons. The van der Waals surface area contributed by atoms with Gasteiger partial charge in [0, 0.05) is 27.4 Å². The van der Waals surface area contributed by atoms with Gasteiger partial charge in [-0.05, 0) is 36.8 Å². The third-order valence-corrected chi connectivity index (χ3v) is 5.68. The molecule has 0 heterocycles. The fourth-order valence-electron chi connectivity index (χ4n) is 1.89. The summed E-state index contributed by atoms with van der Waals surface area (Å²) in [5.41, 5.74) is 2.51. The predicted molar refractivity (Wildman–Crippen MR) is 105 cm³/mol. The van der Waals surface area contributed by atoms with Gasteiger partial charge in [0.2, 0.25) is 5.91 Å². The van der Waals surface area contributed by atoms with E-state index in [0.29, 0.717) is 12.3 Å². The summed E-state index contributed by atoms with van der Waals surface area (Å²) in [6.45, 7) is 2.79. The highest BCUT2D eigenvalue weighted by atomic mass is 79.9. The van der Waals surface area contributed by atoms with Gasteiger partial charge in [0.25, 0.3) is 0 Å². The second kappa shape index (κ2) is 10.1. The smallest absolute Gasteiger partial charge is 0.230 e. The number of benzene rings is 2. The Balaban J connectivity index is 1.56. The van der Waals surface area contributed by atoms with Crippen LogP contribution in [-0.4, -0.2) is 24.0 Å². The number of halogens is 1. The fraction of sp³-hybridized carbons (Fsp3) is 0.278. The molecule has 0 radical (unpaired) electrons. The van der Waals surface area contributed by atoms with Gasteiger partial charge in [-0.3, -0.25) is 4.79 Å². The number of hydrogen-bond donors (Lipinski definition) is 1. The molecular weight excluding hydrogens is 390 g/mol. The first-order valence-corrected chi connectivity index (χ1v) is 10.3. The zero-order chi connectivity index (χ0) is 16.5. The maximum absolute atomic E-state index is 11.8. The Kier molecular flexibility index (Phi) is 8.06. The molecular formula is C18H20BrNOS2. The molecule has 2 rings (SSSR count). The van der Waals surface area contributed by atoms with Gasteiger partial charge in [-0.1, -0.05) is 45.8 Å². The van der Waals surface area contributed by atoms with Crippen molar-refractivity contribution in [1.29, 1.82) is 0 Å². The summed E-state index contributed by atoms with van der Waals surface area (Å²) in [6, 6.07) is 16.7. The maximum Gasteiger partial charge on any atom is 0.230 e. The SMILES string of the molecule is Cc1ccc(SCCNC(=O)CSCc2ccc(Br)cc2)cc1. The topological polar surface area (TPSA) is 29.1 Å². The van der Waals surface area contributed by atoms with Crippen LogP contribution in [0.5, 0.6) is 0 Å². The molecule has 0 saturated carbocycles. The van der Waals surface area contributed by atoms with E-state index in [1.54, 1.807) is 23.5 Å². The average Bonchev–Trinajstić information content (AvgIpc) is 2.55. The Labute approximate surface area is 155 Å². The molecule has 2 aromatic rings. The first kappa shape index (κ1) is 18.4. The van der Waals surface area contributed by atoms with E-state index in [0.717, 1.165) is 16.0 Å². The second-order valence-corrected chi connectivity index (χ2v) is 8.20. The zero-order valence-electron chi connectivity index (χ0n) is 13.0. The lowest BCUT2D eigenvalue weighted by atomic mass is 10.2. The Morgan fingerprint density at radius 2 is 1.78 bits per heavy atom. The minimum Gasteiger partial charge on any atom is -0.355 e. The van der Waals surface area contributed by atoms with Crippen LogP contribution in [0.25, 0.3) is 0 Å². The first-order chi connectivity index (χ1) is 11.1. The molecule has 0 fully saturated rings. The van der Waals surface area contributed by atoms with Crippen molar-refractivity contribution in [2.75, 3.05) is 18.1 Å². The molecule has 23 heavy (non-hydrogen) atoms. The van der Waals surface area contributed by atoms with Gasteiger partial charge in [0.1, 0.15) is 0 Å². The van der Waals surface area contributed by atoms with Crippen LogP contribution in [0.4, 0.5) is 0 Å². The van der Waals surface area contributed by atoms with Crippen LogP contribution >= 0.6 is 39.5 Å². The molecule has 1 N–H and O–H groups in total. The van der Waals surface area contributed by atoms with Crippen molar-refractivity contribution in [2.24, 2.45) is 0 Å². The normalized spacial score (nSPS) is 10.5. The van der Waals surface area contributed by atoms with Crippen LogP contribution in [0.1, 0.15) is 11.1 Å².